The fraction of sp³-hybridized carbons (Fsp3) is 0.705. The number of nitrogens with one attached hydrogen (secondary N) is 1. The van der Waals surface area contributed by atoms with E-state index in [2.05, 4.69) is 53.8 Å². The van der Waals surface area contributed by atoms with Gasteiger partial charge in [-0.1, -0.05) is 157 Å². The Labute approximate surface area is 319 Å². The molecule has 0 aliphatic rings. The summed E-state index contributed by atoms with van der Waals surface area (Å²) in [6.07, 6.45) is 19.3. The molecule has 0 radical (unpaired) electrons. The Bertz CT molecular complexity index is 1390. The van der Waals surface area contributed by atoms with E-state index in [4.69, 9.17) is 9.57 Å². The van der Waals surface area contributed by atoms with Crippen LogP contribution in [0.4, 0.5) is 5.69 Å². The summed E-state index contributed by atoms with van der Waals surface area (Å²) in [5.74, 6) is 0.284. The molecule has 52 heavy (non-hydrogen) atoms. The molecule has 2 aromatic rings. The van der Waals surface area contributed by atoms with Gasteiger partial charge in [-0.25, -0.2) is 0 Å². The van der Waals surface area contributed by atoms with E-state index in [9.17, 15) is 13.2 Å². The van der Waals surface area contributed by atoms with E-state index in [-0.39, 0.29) is 28.2 Å². The topological polar surface area (TPSA) is 84.9 Å². The maximum atomic E-state index is 14.4. The van der Waals surface area contributed by atoms with Crippen molar-refractivity contribution >= 4 is 21.6 Å². The monoisotopic (exact) mass is 743 g/mol. The van der Waals surface area contributed by atoms with Crippen LogP contribution in [0.25, 0.3) is 0 Å². The van der Waals surface area contributed by atoms with E-state index in [1.165, 1.54) is 64.2 Å². The maximum Gasteiger partial charge on any atom is 0.286 e. The second-order valence-electron chi connectivity index (χ2n) is 16.5. The van der Waals surface area contributed by atoms with Gasteiger partial charge in [0.25, 0.3) is 15.9 Å². The number of hydrogen-bond acceptors (Lipinski definition) is 5. The summed E-state index contributed by atoms with van der Waals surface area (Å²) < 4.78 is 36.3. The first-order valence-corrected chi connectivity index (χ1v) is 22.0. The molecule has 296 valence electrons. The van der Waals surface area contributed by atoms with Crippen molar-refractivity contribution in [2.24, 2.45) is 5.41 Å². The summed E-state index contributed by atoms with van der Waals surface area (Å²) in [6, 6.07) is 14.2. The van der Waals surface area contributed by atoms with E-state index < -0.39 is 16.1 Å². The van der Waals surface area contributed by atoms with Gasteiger partial charge >= 0.3 is 0 Å². The quantitative estimate of drug-likeness (QED) is 0.0693. The molecule has 7 nitrogen and oxygen atoms in total. The first kappa shape index (κ1) is 45.6. The Morgan fingerprint density at radius 3 is 1.87 bits per heavy atom. The van der Waals surface area contributed by atoms with Crippen LogP contribution in [0, 0.1) is 5.41 Å². The number of sulfonamides is 1. The highest BCUT2D eigenvalue weighted by Crippen LogP contribution is 2.38. The van der Waals surface area contributed by atoms with Gasteiger partial charge in [-0.15, -0.1) is 4.47 Å². The third kappa shape index (κ3) is 17.0. The van der Waals surface area contributed by atoms with Crippen LogP contribution in [0.5, 0.6) is 5.75 Å². The lowest BCUT2D eigenvalue weighted by Crippen LogP contribution is -2.38. The molecule has 0 heterocycles. The summed E-state index contributed by atoms with van der Waals surface area (Å²) >= 11 is 0. The van der Waals surface area contributed by atoms with E-state index in [1.807, 2.05) is 19.1 Å². The highest BCUT2D eigenvalue weighted by atomic mass is 32.2. The summed E-state index contributed by atoms with van der Waals surface area (Å²) in [5, 5.41) is 2.92. The molecule has 0 aromatic heterocycles. The smallest absolute Gasteiger partial charge is 0.286 e. The van der Waals surface area contributed by atoms with Crippen LogP contribution >= 0.6 is 0 Å². The molecule has 0 fully saturated rings. The van der Waals surface area contributed by atoms with Crippen molar-refractivity contribution in [2.75, 3.05) is 17.6 Å². The van der Waals surface area contributed by atoms with E-state index in [1.54, 1.807) is 36.4 Å². The summed E-state index contributed by atoms with van der Waals surface area (Å²) in [5.41, 5.74) is 1.15. The van der Waals surface area contributed by atoms with Crippen molar-refractivity contribution < 1.29 is 22.8 Å². The van der Waals surface area contributed by atoms with Crippen molar-refractivity contribution in [3.8, 4) is 5.75 Å². The normalized spacial score (nSPS) is 12.8. The van der Waals surface area contributed by atoms with Gasteiger partial charge in [-0.3, -0.25) is 9.63 Å². The van der Waals surface area contributed by atoms with Crippen LogP contribution in [0.2, 0.25) is 0 Å². The van der Waals surface area contributed by atoms with Crippen molar-refractivity contribution in [3.63, 3.8) is 0 Å². The zero-order valence-electron chi connectivity index (χ0n) is 34.2. The third-order valence-electron chi connectivity index (χ3n) is 9.58. The van der Waals surface area contributed by atoms with Gasteiger partial charge in [0.1, 0.15) is 5.75 Å². The third-order valence-corrected chi connectivity index (χ3v) is 11.2. The highest BCUT2D eigenvalue weighted by molar-refractivity contribution is 7.92. The number of carbonyl (C=O) groups is 1. The van der Waals surface area contributed by atoms with Crippen LogP contribution in [0.1, 0.15) is 177 Å². The highest BCUT2D eigenvalue weighted by Gasteiger charge is 2.31. The Balaban J connectivity index is 2.28. The molecular formula is C44H74N2O5S. The molecule has 0 aliphatic heterocycles. The van der Waals surface area contributed by atoms with E-state index in [0.717, 1.165) is 55.0 Å². The number of carbonyl (C=O) groups excluding carboxylic acids is 1. The van der Waals surface area contributed by atoms with Crippen LogP contribution < -0.4 is 14.5 Å². The number of amides is 1. The molecule has 0 saturated carbocycles. The molecule has 0 spiro atoms. The average Bonchev–Trinajstić information content (AvgIpc) is 3.09. The second-order valence-corrected chi connectivity index (χ2v) is 18.2. The Morgan fingerprint density at radius 2 is 1.29 bits per heavy atom. The number of hydrogen-bond donors (Lipinski definition) is 1. The number of ether oxygens (including phenoxy) is 1. The molecule has 1 amide bonds. The lowest BCUT2D eigenvalue weighted by Gasteiger charge is -2.33. The lowest BCUT2D eigenvalue weighted by atomic mass is 9.72. The summed E-state index contributed by atoms with van der Waals surface area (Å²) in [7, 11) is -4.11. The van der Waals surface area contributed by atoms with Crippen molar-refractivity contribution in [1.29, 1.82) is 0 Å². The number of rotatable bonds is 28. The SMILES string of the molecule is CCCCCCCCCCCCC(Oc1cccc(N(OCCCCCCCC)S(=O)(=O)c2cccc(C(C)(C)CC(C)(C)C)c2)c1)C(=O)NCC. The predicted octanol–water partition coefficient (Wildman–Crippen LogP) is 12.1. The number of anilines is 1. The number of benzene rings is 2. The fourth-order valence-electron chi connectivity index (χ4n) is 7.10. The molecule has 1 unspecified atom stereocenters. The minimum atomic E-state index is -4.11. The first-order chi connectivity index (χ1) is 24.7. The van der Waals surface area contributed by atoms with E-state index in [0.29, 0.717) is 24.4 Å². The van der Waals surface area contributed by atoms with Gasteiger partial charge < -0.3 is 10.1 Å². The molecule has 0 saturated heterocycles. The molecule has 2 rings (SSSR count). The van der Waals surface area contributed by atoms with Crippen molar-refractivity contribution in [1.82, 2.24) is 5.32 Å². The number of unbranched alkanes of at least 4 members (excludes halogenated alkanes) is 14. The lowest BCUT2D eigenvalue weighted by molar-refractivity contribution is -0.128. The van der Waals surface area contributed by atoms with Gasteiger partial charge in [0.15, 0.2) is 6.10 Å². The zero-order valence-corrected chi connectivity index (χ0v) is 35.1. The Hall–Kier alpha value is -2.58. The molecular weight excluding hydrogens is 669 g/mol. The minimum absolute atomic E-state index is 0.0739. The number of nitrogens with zero attached hydrogens (tertiary/aromatic N) is 1. The molecule has 0 aliphatic carbocycles. The average molecular weight is 743 g/mol. The van der Waals surface area contributed by atoms with Gasteiger partial charge in [0, 0.05) is 12.6 Å². The molecule has 1 N–H and O–H groups in total. The van der Waals surface area contributed by atoms with Crippen LogP contribution in [0.15, 0.2) is 53.4 Å². The maximum absolute atomic E-state index is 14.4. The van der Waals surface area contributed by atoms with Crippen molar-refractivity contribution in [3.05, 3.63) is 54.1 Å². The fourth-order valence-corrected chi connectivity index (χ4v) is 8.42. The van der Waals surface area contributed by atoms with Gasteiger partial charge in [0.05, 0.1) is 17.2 Å². The van der Waals surface area contributed by atoms with Crippen LogP contribution in [0.3, 0.4) is 0 Å². The Kier molecular flexibility index (Phi) is 21.0. The molecule has 2 aromatic carbocycles. The zero-order chi connectivity index (χ0) is 38.5. The van der Waals surface area contributed by atoms with Crippen molar-refractivity contribution in [2.45, 2.75) is 187 Å². The summed E-state index contributed by atoms with van der Waals surface area (Å²) in [4.78, 5) is 19.4. The molecule has 8 heteroatoms. The summed E-state index contributed by atoms with van der Waals surface area (Å²) in [6.45, 7) is 18.1. The van der Waals surface area contributed by atoms with Gasteiger partial charge in [-0.05, 0) is 73.3 Å². The molecule has 0 bridgehead atoms. The Morgan fingerprint density at radius 1 is 0.731 bits per heavy atom. The number of likely N-dealkylation sites (N-methyl/N-ethyl adjacent to an activating group) is 1. The largest absolute Gasteiger partial charge is 0.481 e. The van der Waals surface area contributed by atoms with Gasteiger partial charge in [0.2, 0.25) is 0 Å². The predicted molar refractivity (Wildman–Crippen MR) is 219 cm³/mol. The standard InChI is InChI=1S/C44H74N2O5S/c1-9-12-14-16-18-19-20-21-22-24-32-41(42(47)45-11-3)51-39-30-27-29-38(35-39)46(50-33-25-23-17-15-13-10-2)52(48,49)40-31-26-28-37(34-40)44(7,8)36-43(4,5)6/h26-31,34-35,41H,9-25,32-33,36H2,1-8H3,(H,45,47). The van der Waals surface area contributed by atoms with E-state index >= 15 is 0 Å². The molecule has 1 atom stereocenters. The van der Waals surface area contributed by atoms with Crippen LogP contribution in [-0.2, 0) is 25.1 Å². The van der Waals surface area contributed by atoms with Gasteiger partial charge in [-0.2, -0.15) is 8.42 Å². The minimum Gasteiger partial charge on any atom is -0.481 e. The second kappa shape index (κ2) is 24.0. The van der Waals surface area contributed by atoms with Crippen LogP contribution in [-0.4, -0.2) is 33.6 Å². The first-order valence-electron chi connectivity index (χ1n) is 20.6.